The molecule has 1 N–H and O–H groups in total. The van der Waals surface area contributed by atoms with Crippen LogP contribution >= 0.6 is 11.6 Å². The molecule has 3 aromatic rings. The fraction of sp³-hybridized carbons (Fsp3) is 0.136. The normalized spacial score (nSPS) is 12.1. The zero-order chi connectivity index (χ0) is 20.1. The third-order valence-corrected chi connectivity index (χ3v) is 4.56. The van der Waals surface area contributed by atoms with Crippen LogP contribution < -0.4 is 4.74 Å². The van der Waals surface area contributed by atoms with E-state index in [1.54, 1.807) is 31.4 Å². The number of hydrogen-bond donors (Lipinski definition) is 1. The Hall–Kier alpha value is -3.02. The highest BCUT2D eigenvalue weighted by Crippen LogP contribution is 2.32. The Morgan fingerprint density at radius 2 is 1.96 bits per heavy atom. The summed E-state index contributed by atoms with van der Waals surface area (Å²) in [5, 5.41) is 11.6. The minimum absolute atomic E-state index is 0.444. The molecule has 0 amide bonds. The second-order valence-corrected chi connectivity index (χ2v) is 6.48. The molecule has 1 aromatic heterocycles. The number of esters is 1. The van der Waals surface area contributed by atoms with E-state index in [0.717, 1.165) is 11.4 Å². The smallest absolute Gasteiger partial charge is 0.330 e. The molecule has 6 heteroatoms. The molecule has 0 bridgehead atoms. The number of hydrogen-bond acceptors (Lipinski definition) is 4. The van der Waals surface area contributed by atoms with Gasteiger partial charge in [0.05, 0.1) is 19.9 Å². The van der Waals surface area contributed by atoms with Gasteiger partial charge in [0, 0.05) is 28.6 Å². The van der Waals surface area contributed by atoms with Crippen molar-refractivity contribution in [2.24, 2.45) is 0 Å². The number of aliphatic hydroxyl groups is 1. The van der Waals surface area contributed by atoms with E-state index in [2.05, 4.69) is 4.74 Å². The Balaban J connectivity index is 2.06. The molecule has 1 atom stereocenters. The summed E-state index contributed by atoms with van der Waals surface area (Å²) in [6.45, 7) is 0. The molecule has 3 rings (SSSR count). The van der Waals surface area contributed by atoms with E-state index in [0.29, 0.717) is 21.9 Å². The molecular weight excluding hydrogens is 378 g/mol. The van der Waals surface area contributed by atoms with Crippen LogP contribution in [0.5, 0.6) is 5.75 Å². The Morgan fingerprint density at radius 3 is 2.71 bits per heavy atom. The van der Waals surface area contributed by atoms with E-state index in [9.17, 15) is 9.90 Å². The van der Waals surface area contributed by atoms with Gasteiger partial charge in [0.1, 0.15) is 11.9 Å². The van der Waals surface area contributed by atoms with Crippen molar-refractivity contribution in [3.8, 4) is 11.4 Å². The summed E-state index contributed by atoms with van der Waals surface area (Å²) < 4.78 is 11.8. The zero-order valence-corrected chi connectivity index (χ0v) is 16.3. The summed E-state index contributed by atoms with van der Waals surface area (Å²) in [5.74, 6) is 0.211. The van der Waals surface area contributed by atoms with Crippen LogP contribution in [0.25, 0.3) is 11.8 Å². The minimum Gasteiger partial charge on any atom is -0.497 e. The summed E-state index contributed by atoms with van der Waals surface area (Å²) in [7, 11) is 2.91. The molecule has 1 unspecified atom stereocenters. The standard InChI is InChI=1S/C22H20ClNO4/c1-27-18-7-3-5-15(13-18)22(26)19-14-16(23)8-10-20(19)24-12-4-6-17(24)9-11-21(25)28-2/h3-14,22,26H,1-2H3/b11-9+. The average molecular weight is 398 g/mol. The Morgan fingerprint density at radius 1 is 1.14 bits per heavy atom. The van der Waals surface area contributed by atoms with Crippen molar-refractivity contribution in [2.75, 3.05) is 14.2 Å². The molecule has 1 heterocycles. The van der Waals surface area contributed by atoms with E-state index < -0.39 is 12.1 Å². The lowest BCUT2D eigenvalue weighted by Crippen LogP contribution is -2.07. The predicted octanol–water partition coefficient (Wildman–Crippen LogP) is 4.41. The van der Waals surface area contributed by atoms with E-state index in [1.165, 1.54) is 13.2 Å². The van der Waals surface area contributed by atoms with Crippen molar-refractivity contribution in [3.63, 3.8) is 0 Å². The number of rotatable bonds is 6. The van der Waals surface area contributed by atoms with Crippen LogP contribution in [0, 0.1) is 0 Å². The van der Waals surface area contributed by atoms with Gasteiger partial charge in [0.15, 0.2) is 0 Å². The third-order valence-electron chi connectivity index (χ3n) is 4.32. The van der Waals surface area contributed by atoms with E-state index >= 15 is 0 Å². The van der Waals surface area contributed by atoms with Crippen LogP contribution in [0.15, 0.2) is 66.9 Å². The lowest BCUT2D eigenvalue weighted by atomic mass is 9.99. The van der Waals surface area contributed by atoms with Crippen molar-refractivity contribution < 1.29 is 19.4 Å². The first-order valence-corrected chi connectivity index (χ1v) is 8.96. The molecule has 0 spiro atoms. The lowest BCUT2D eigenvalue weighted by molar-refractivity contribution is -0.134. The van der Waals surface area contributed by atoms with Gasteiger partial charge in [-0.15, -0.1) is 0 Å². The molecular formula is C22H20ClNO4. The van der Waals surface area contributed by atoms with Gasteiger partial charge in [-0.2, -0.15) is 0 Å². The lowest BCUT2D eigenvalue weighted by Gasteiger charge is -2.19. The minimum atomic E-state index is -0.913. The Bertz CT molecular complexity index is 1010. The number of benzene rings is 2. The topological polar surface area (TPSA) is 60.7 Å². The number of methoxy groups -OCH3 is 2. The Kier molecular flexibility index (Phi) is 6.19. The molecule has 0 saturated heterocycles. The molecule has 144 valence electrons. The fourth-order valence-corrected chi connectivity index (χ4v) is 3.11. The zero-order valence-electron chi connectivity index (χ0n) is 15.5. The van der Waals surface area contributed by atoms with Gasteiger partial charge in [-0.3, -0.25) is 0 Å². The summed E-state index contributed by atoms with van der Waals surface area (Å²) >= 11 is 6.21. The van der Waals surface area contributed by atoms with Crippen LogP contribution in [0.3, 0.4) is 0 Å². The predicted molar refractivity (Wildman–Crippen MR) is 109 cm³/mol. The number of halogens is 1. The molecule has 0 radical (unpaired) electrons. The molecule has 0 aliphatic carbocycles. The first kappa shape index (κ1) is 19.7. The van der Waals surface area contributed by atoms with E-state index in [-0.39, 0.29) is 0 Å². The van der Waals surface area contributed by atoms with Gasteiger partial charge in [-0.1, -0.05) is 23.7 Å². The molecule has 2 aromatic carbocycles. The molecule has 0 aliphatic heterocycles. The first-order valence-electron chi connectivity index (χ1n) is 8.58. The van der Waals surface area contributed by atoms with Gasteiger partial charge in [-0.25, -0.2) is 4.79 Å². The number of aromatic nitrogens is 1. The summed E-state index contributed by atoms with van der Waals surface area (Å²) in [6, 6.07) is 16.3. The second-order valence-electron chi connectivity index (χ2n) is 6.04. The maximum Gasteiger partial charge on any atom is 0.330 e. The maximum atomic E-state index is 11.4. The van der Waals surface area contributed by atoms with Crippen LogP contribution in [-0.2, 0) is 9.53 Å². The fourth-order valence-electron chi connectivity index (χ4n) is 2.93. The quantitative estimate of drug-likeness (QED) is 0.494. The average Bonchev–Trinajstić information content (AvgIpc) is 3.19. The first-order chi connectivity index (χ1) is 13.5. The molecule has 0 aliphatic rings. The molecule has 0 fully saturated rings. The second kappa shape index (κ2) is 8.78. The molecule has 0 saturated carbocycles. The largest absolute Gasteiger partial charge is 0.497 e. The third kappa shape index (κ3) is 4.27. The van der Waals surface area contributed by atoms with Crippen molar-refractivity contribution in [1.29, 1.82) is 0 Å². The van der Waals surface area contributed by atoms with Gasteiger partial charge < -0.3 is 19.1 Å². The maximum absolute atomic E-state index is 11.4. The van der Waals surface area contributed by atoms with Gasteiger partial charge in [0.25, 0.3) is 0 Å². The van der Waals surface area contributed by atoms with Gasteiger partial charge in [0.2, 0.25) is 0 Å². The van der Waals surface area contributed by atoms with Crippen LogP contribution in [0.1, 0.15) is 22.9 Å². The van der Waals surface area contributed by atoms with Crippen molar-refractivity contribution in [3.05, 3.63) is 88.7 Å². The Labute approximate surface area is 168 Å². The highest BCUT2D eigenvalue weighted by Gasteiger charge is 2.18. The van der Waals surface area contributed by atoms with Crippen molar-refractivity contribution >= 4 is 23.6 Å². The monoisotopic (exact) mass is 397 g/mol. The SMILES string of the molecule is COC(=O)/C=C/c1cccn1-c1ccc(Cl)cc1C(O)c1cccc(OC)c1. The highest BCUT2D eigenvalue weighted by molar-refractivity contribution is 6.30. The number of carbonyl (C=O) groups is 1. The summed E-state index contributed by atoms with van der Waals surface area (Å²) in [4.78, 5) is 11.4. The van der Waals surface area contributed by atoms with E-state index in [4.69, 9.17) is 16.3 Å². The highest BCUT2D eigenvalue weighted by atomic mass is 35.5. The van der Waals surface area contributed by atoms with Crippen molar-refractivity contribution in [1.82, 2.24) is 4.57 Å². The number of nitrogens with zero attached hydrogens (tertiary/aromatic N) is 1. The van der Waals surface area contributed by atoms with E-state index in [1.807, 2.05) is 47.2 Å². The van der Waals surface area contributed by atoms with Crippen LogP contribution in [0.2, 0.25) is 5.02 Å². The summed E-state index contributed by atoms with van der Waals surface area (Å²) in [5.41, 5.74) is 2.81. The number of aliphatic hydroxyl groups excluding tert-OH is 1. The van der Waals surface area contributed by atoms with Crippen molar-refractivity contribution in [2.45, 2.75) is 6.10 Å². The molecule has 5 nitrogen and oxygen atoms in total. The van der Waals surface area contributed by atoms with Crippen LogP contribution in [0.4, 0.5) is 0 Å². The summed E-state index contributed by atoms with van der Waals surface area (Å²) in [6.07, 6.45) is 3.94. The number of carbonyl (C=O) groups excluding carboxylic acids is 1. The molecule has 28 heavy (non-hydrogen) atoms. The van der Waals surface area contributed by atoms with Gasteiger partial charge in [-0.05, 0) is 54.1 Å². The van der Waals surface area contributed by atoms with Gasteiger partial charge >= 0.3 is 5.97 Å². The number of ether oxygens (including phenoxy) is 2. The van der Waals surface area contributed by atoms with Crippen LogP contribution in [-0.4, -0.2) is 29.9 Å².